The predicted octanol–water partition coefficient (Wildman–Crippen LogP) is 3.54. The average Bonchev–Trinajstić information content (AvgIpc) is 2.22. The summed E-state index contributed by atoms with van der Waals surface area (Å²) in [5, 5.41) is 0.840. The highest BCUT2D eigenvalue weighted by Crippen LogP contribution is 2.28. The molecule has 1 aliphatic carbocycles. The quantitative estimate of drug-likeness (QED) is 0.771. The molecule has 2 N–H and O–H groups in total. The maximum Gasteiger partial charge on any atom is 0.0441 e. The van der Waals surface area contributed by atoms with Crippen LogP contribution in [0.3, 0.4) is 0 Å². The van der Waals surface area contributed by atoms with Gasteiger partial charge in [0.2, 0.25) is 0 Å². The molecule has 2 rings (SSSR count). The number of halogens is 1. The molecule has 1 aromatic carbocycles. The van der Waals surface area contributed by atoms with Gasteiger partial charge in [0.15, 0.2) is 0 Å². The molecule has 0 spiro atoms. The largest absolute Gasteiger partial charge is 0.324 e. The number of hydrogen-bond acceptors (Lipinski definition) is 1. The highest BCUT2D eigenvalue weighted by atomic mass is 35.5. The summed E-state index contributed by atoms with van der Waals surface area (Å²) in [6, 6.07) is 6.46. The zero-order chi connectivity index (χ0) is 10.8. The first kappa shape index (κ1) is 10.7. The van der Waals surface area contributed by atoms with Gasteiger partial charge in [0.1, 0.15) is 0 Å². The monoisotopic (exact) mass is 221 g/mol. The molecule has 1 nitrogen and oxygen atoms in total. The summed E-state index contributed by atoms with van der Waals surface area (Å²) in [6.45, 7) is 2.02. The van der Waals surface area contributed by atoms with Crippen LogP contribution in [0, 0.1) is 6.92 Å². The van der Waals surface area contributed by atoms with Crippen molar-refractivity contribution in [2.24, 2.45) is 5.73 Å². The third-order valence-corrected chi connectivity index (χ3v) is 3.35. The highest BCUT2D eigenvalue weighted by Gasteiger charge is 2.11. The second-order valence-electron chi connectivity index (χ2n) is 4.21. The molecule has 0 aromatic heterocycles. The van der Waals surface area contributed by atoms with Crippen LogP contribution in [0.2, 0.25) is 5.02 Å². The Hall–Kier alpha value is -0.790. The van der Waals surface area contributed by atoms with Gasteiger partial charge in [-0.05, 0) is 49.0 Å². The van der Waals surface area contributed by atoms with Gasteiger partial charge in [-0.15, -0.1) is 0 Å². The Labute approximate surface area is 95.9 Å². The molecule has 0 saturated carbocycles. The molecule has 0 amide bonds. The lowest BCUT2D eigenvalue weighted by molar-refractivity contribution is 0.654. The van der Waals surface area contributed by atoms with Gasteiger partial charge in [-0.2, -0.15) is 0 Å². The van der Waals surface area contributed by atoms with E-state index in [-0.39, 0.29) is 6.04 Å². The molecule has 0 radical (unpaired) electrons. The predicted molar refractivity (Wildman–Crippen MR) is 66.0 cm³/mol. The smallest absolute Gasteiger partial charge is 0.0441 e. The molecule has 1 aromatic rings. The molecular formula is C13H16ClN. The van der Waals surface area contributed by atoms with Crippen molar-refractivity contribution in [3.8, 4) is 0 Å². The lowest BCUT2D eigenvalue weighted by atomic mass is 9.91. The molecule has 0 saturated heterocycles. The fraction of sp³-hybridized carbons (Fsp3) is 0.385. The number of benzene rings is 1. The van der Waals surface area contributed by atoms with E-state index in [1.165, 1.54) is 17.6 Å². The van der Waals surface area contributed by atoms with Crippen molar-refractivity contribution in [2.45, 2.75) is 32.2 Å². The van der Waals surface area contributed by atoms with Crippen LogP contribution in [0.25, 0.3) is 5.57 Å². The van der Waals surface area contributed by atoms with Crippen molar-refractivity contribution in [2.75, 3.05) is 0 Å². The molecule has 0 heterocycles. The standard InChI is InChI=1S/C13H16ClN/c1-9-5-6-11(8-13(9)14)10-3-2-4-12(15)7-10/h5-8,12H,2-4,15H2,1H3. The van der Waals surface area contributed by atoms with Crippen LogP contribution in [-0.2, 0) is 0 Å². The minimum absolute atomic E-state index is 0.217. The average molecular weight is 222 g/mol. The van der Waals surface area contributed by atoms with Crippen molar-refractivity contribution in [1.82, 2.24) is 0 Å². The molecular weight excluding hydrogens is 206 g/mol. The number of hydrogen-bond donors (Lipinski definition) is 1. The molecule has 0 bridgehead atoms. The maximum absolute atomic E-state index is 6.11. The molecule has 80 valence electrons. The summed E-state index contributed by atoms with van der Waals surface area (Å²) in [7, 11) is 0. The Bertz CT molecular complexity index is 396. The lowest BCUT2D eigenvalue weighted by Crippen LogP contribution is -2.19. The Kier molecular flexibility index (Phi) is 3.13. The lowest BCUT2D eigenvalue weighted by Gasteiger charge is -2.18. The van der Waals surface area contributed by atoms with Crippen LogP contribution in [0.1, 0.15) is 30.4 Å². The second-order valence-corrected chi connectivity index (χ2v) is 4.62. The van der Waals surface area contributed by atoms with Crippen LogP contribution in [0.5, 0.6) is 0 Å². The fourth-order valence-corrected chi connectivity index (χ4v) is 2.17. The van der Waals surface area contributed by atoms with Gasteiger partial charge < -0.3 is 5.73 Å². The van der Waals surface area contributed by atoms with Crippen molar-refractivity contribution < 1.29 is 0 Å². The summed E-state index contributed by atoms with van der Waals surface area (Å²) >= 11 is 6.11. The fourth-order valence-electron chi connectivity index (χ4n) is 1.99. The Morgan fingerprint density at radius 3 is 2.87 bits per heavy atom. The van der Waals surface area contributed by atoms with Crippen LogP contribution in [0.4, 0.5) is 0 Å². The van der Waals surface area contributed by atoms with E-state index < -0.39 is 0 Å². The van der Waals surface area contributed by atoms with E-state index in [2.05, 4.69) is 18.2 Å². The number of allylic oxidation sites excluding steroid dienone is 1. The van der Waals surface area contributed by atoms with Gasteiger partial charge in [-0.1, -0.05) is 29.8 Å². The summed E-state index contributed by atoms with van der Waals surface area (Å²) in [5.41, 5.74) is 9.61. The van der Waals surface area contributed by atoms with E-state index in [0.717, 1.165) is 23.4 Å². The Morgan fingerprint density at radius 2 is 2.20 bits per heavy atom. The van der Waals surface area contributed by atoms with Crippen LogP contribution in [0.15, 0.2) is 24.3 Å². The van der Waals surface area contributed by atoms with Crippen molar-refractivity contribution in [3.05, 3.63) is 40.4 Å². The number of aryl methyl sites for hydroxylation is 1. The van der Waals surface area contributed by atoms with Gasteiger partial charge >= 0.3 is 0 Å². The van der Waals surface area contributed by atoms with E-state index >= 15 is 0 Å². The normalized spacial score (nSPS) is 21.3. The SMILES string of the molecule is Cc1ccc(C2=CC(N)CCC2)cc1Cl. The van der Waals surface area contributed by atoms with Gasteiger partial charge in [0, 0.05) is 11.1 Å². The second kappa shape index (κ2) is 4.38. The minimum atomic E-state index is 0.217. The van der Waals surface area contributed by atoms with Gasteiger partial charge in [-0.3, -0.25) is 0 Å². The summed E-state index contributed by atoms with van der Waals surface area (Å²) in [5.74, 6) is 0. The molecule has 15 heavy (non-hydrogen) atoms. The Morgan fingerprint density at radius 1 is 1.40 bits per heavy atom. The first-order valence-electron chi connectivity index (χ1n) is 5.39. The van der Waals surface area contributed by atoms with E-state index in [0.29, 0.717) is 0 Å². The molecule has 1 unspecified atom stereocenters. The topological polar surface area (TPSA) is 26.0 Å². The Balaban J connectivity index is 2.33. The molecule has 1 atom stereocenters. The van der Waals surface area contributed by atoms with Gasteiger partial charge in [0.05, 0.1) is 0 Å². The van der Waals surface area contributed by atoms with E-state index in [1.54, 1.807) is 0 Å². The third kappa shape index (κ3) is 2.42. The summed E-state index contributed by atoms with van der Waals surface area (Å²) in [6.07, 6.45) is 5.57. The molecule has 2 heteroatoms. The first-order chi connectivity index (χ1) is 7.16. The van der Waals surface area contributed by atoms with Crippen LogP contribution in [-0.4, -0.2) is 6.04 Å². The van der Waals surface area contributed by atoms with Gasteiger partial charge in [0.25, 0.3) is 0 Å². The van der Waals surface area contributed by atoms with E-state index in [9.17, 15) is 0 Å². The van der Waals surface area contributed by atoms with Crippen molar-refractivity contribution in [1.29, 1.82) is 0 Å². The van der Waals surface area contributed by atoms with Crippen LogP contribution >= 0.6 is 11.6 Å². The highest BCUT2D eigenvalue weighted by molar-refractivity contribution is 6.31. The summed E-state index contributed by atoms with van der Waals surface area (Å²) < 4.78 is 0. The van der Waals surface area contributed by atoms with Crippen LogP contribution < -0.4 is 5.73 Å². The number of rotatable bonds is 1. The zero-order valence-corrected chi connectivity index (χ0v) is 9.72. The maximum atomic E-state index is 6.11. The van der Waals surface area contributed by atoms with E-state index in [1.807, 2.05) is 13.0 Å². The molecule has 0 fully saturated rings. The van der Waals surface area contributed by atoms with Crippen molar-refractivity contribution >= 4 is 17.2 Å². The minimum Gasteiger partial charge on any atom is -0.324 e. The van der Waals surface area contributed by atoms with E-state index in [4.69, 9.17) is 17.3 Å². The van der Waals surface area contributed by atoms with Gasteiger partial charge in [-0.25, -0.2) is 0 Å². The zero-order valence-electron chi connectivity index (χ0n) is 8.96. The molecule has 0 aliphatic heterocycles. The summed E-state index contributed by atoms with van der Waals surface area (Å²) in [4.78, 5) is 0. The first-order valence-corrected chi connectivity index (χ1v) is 5.77. The van der Waals surface area contributed by atoms with Crippen molar-refractivity contribution in [3.63, 3.8) is 0 Å². The molecule has 1 aliphatic rings. The third-order valence-electron chi connectivity index (χ3n) is 2.94. The number of nitrogens with two attached hydrogens (primary N) is 1.